The van der Waals surface area contributed by atoms with Crippen molar-refractivity contribution in [3.05, 3.63) is 0 Å². The molecule has 0 rings (SSSR count). The Morgan fingerprint density at radius 3 is 2.47 bits per heavy atom. The maximum atomic E-state index is 10.9. The molecule has 0 saturated heterocycles. The van der Waals surface area contributed by atoms with E-state index in [0.29, 0.717) is 25.8 Å². The van der Waals surface area contributed by atoms with E-state index in [1.54, 1.807) is 0 Å². The summed E-state index contributed by atoms with van der Waals surface area (Å²) in [6.45, 7) is 0.475. The van der Waals surface area contributed by atoms with Crippen LogP contribution in [0.25, 0.3) is 0 Å². The predicted octanol–water partition coefficient (Wildman–Crippen LogP) is -1.28. The minimum atomic E-state index is -4.80. The van der Waals surface area contributed by atoms with Crippen molar-refractivity contribution in [2.24, 2.45) is 11.5 Å². The van der Waals surface area contributed by atoms with Crippen LogP contribution in [0.1, 0.15) is 19.3 Å². The van der Waals surface area contributed by atoms with Crippen LogP contribution in [0.2, 0.25) is 0 Å². The van der Waals surface area contributed by atoms with E-state index >= 15 is 0 Å². The third kappa shape index (κ3) is 8.27. The van der Waals surface area contributed by atoms with E-state index in [0.717, 1.165) is 0 Å². The summed E-state index contributed by atoms with van der Waals surface area (Å²) in [5, 5.41) is 0. The predicted molar refractivity (Wildman–Crippen MR) is 49.6 cm³/mol. The molecule has 0 bridgehead atoms. The summed E-state index contributed by atoms with van der Waals surface area (Å²) in [5.41, 5.74) is 10.5. The zero-order chi connectivity index (χ0) is 11.9. The smallest absolute Gasteiger partial charge is 0.330 e. The first-order valence-corrected chi connectivity index (χ1v) is 5.56. The molecule has 0 aromatic carbocycles. The molecule has 0 amide bonds. The Morgan fingerprint density at radius 2 is 2.00 bits per heavy atom. The maximum absolute atomic E-state index is 10.9. The van der Waals surface area contributed by atoms with Gasteiger partial charge in [0.05, 0.1) is 0 Å². The molecule has 9 heteroatoms. The highest BCUT2D eigenvalue weighted by molar-refractivity contribution is 7.80. The van der Waals surface area contributed by atoms with Crippen LogP contribution in [-0.4, -0.2) is 31.5 Å². The number of unbranched alkanes of at least 4 members (excludes halogenated alkanes) is 1. The quantitative estimate of drug-likeness (QED) is 0.217. The molecular weight excluding hydrogens is 228 g/mol. The highest BCUT2D eigenvalue weighted by atomic mass is 32.3. The van der Waals surface area contributed by atoms with Crippen LogP contribution >= 0.6 is 0 Å². The molecule has 5 N–H and O–H groups in total. The van der Waals surface area contributed by atoms with Crippen molar-refractivity contribution in [1.29, 1.82) is 0 Å². The summed E-state index contributed by atoms with van der Waals surface area (Å²) < 4.78 is 31.5. The minimum absolute atomic E-state index is 0.296. The fraction of sp³-hybridized carbons (Fsp3) is 0.833. The van der Waals surface area contributed by atoms with Gasteiger partial charge in [-0.2, -0.15) is 8.42 Å². The van der Waals surface area contributed by atoms with Crippen LogP contribution in [0.15, 0.2) is 0 Å². The molecule has 15 heavy (non-hydrogen) atoms. The number of carbonyl (C=O) groups is 1. The first-order valence-electron chi connectivity index (χ1n) is 4.20. The summed E-state index contributed by atoms with van der Waals surface area (Å²) in [7, 11) is -4.80. The van der Waals surface area contributed by atoms with Gasteiger partial charge in [-0.05, 0) is 23.7 Å². The number of rotatable bonds is 7. The van der Waals surface area contributed by atoms with Crippen LogP contribution in [0, 0.1) is 0 Å². The van der Waals surface area contributed by atoms with Crippen LogP contribution in [0.5, 0.6) is 0 Å². The highest BCUT2D eigenvalue weighted by Crippen LogP contribution is 2.01. The average Bonchev–Trinajstić information content (AvgIpc) is 2.13. The Kier molecular flexibility index (Phi) is 6.36. The van der Waals surface area contributed by atoms with Gasteiger partial charge in [-0.25, -0.2) is 4.79 Å². The molecule has 0 aromatic heterocycles. The molecule has 0 unspecified atom stereocenters. The second-order valence-electron chi connectivity index (χ2n) is 2.79. The third-order valence-electron chi connectivity index (χ3n) is 1.47. The topological polar surface area (TPSA) is 142 Å². The summed E-state index contributed by atoms with van der Waals surface area (Å²) >= 11 is 0. The van der Waals surface area contributed by atoms with Crippen molar-refractivity contribution < 1.29 is 27.0 Å². The molecule has 0 radical (unpaired) electrons. The average molecular weight is 242 g/mol. The first-order chi connectivity index (χ1) is 6.87. The second-order valence-corrected chi connectivity index (χ2v) is 3.78. The molecule has 0 aliphatic rings. The first kappa shape index (κ1) is 14.3. The van der Waals surface area contributed by atoms with E-state index in [-0.39, 0.29) is 0 Å². The van der Waals surface area contributed by atoms with Crippen molar-refractivity contribution >= 4 is 16.4 Å². The molecule has 0 aromatic rings. The fourth-order valence-electron chi connectivity index (χ4n) is 0.765. The molecular formula is C6H14N2O6S. The number of hydrogen-bond acceptors (Lipinski definition) is 7. The van der Waals surface area contributed by atoms with Gasteiger partial charge in [0.25, 0.3) is 0 Å². The molecule has 0 heterocycles. The van der Waals surface area contributed by atoms with E-state index in [1.807, 2.05) is 0 Å². The molecule has 0 aliphatic heterocycles. The van der Waals surface area contributed by atoms with E-state index in [2.05, 4.69) is 9.22 Å². The molecule has 90 valence electrons. The van der Waals surface area contributed by atoms with E-state index in [1.165, 1.54) is 0 Å². The lowest BCUT2D eigenvalue weighted by Gasteiger charge is -2.07. The van der Waals surface area contributed by atoms with Crippen molar-refractivity contribution in [2.75, 3.05) is 6.54 Å². The van der Waals surface area contributed by atoms with E-state index in [4.69, 9.17) is 16.0 Å². The standard InChI is InChI=1S/C6H14N2O6S/c7-4-2-1-3-5(8)6(9)13-14-15(10,11)12/h5H,1-4,7-8H2,(H,10,11,12)/t5-/m0/s1. The van der Waals surface area contributed by atoms with Gasteiger partial charge >= 0.3 is 16.4 Å². The largest absolute Gasteiger partial charge is 0.432 e. The van der Waals surface area contributed by atoms with Crippen LogP contribution in [0.3, 0.4) is 0 Å². The molecule has 0 saturated carbocycles. The van der Waals surface area contributed by atoms with Crippen molar-refractivity contribution in [1.82, 2.24) is 0 Å². The van der Waals surface area contributed by atoms with E-state index in [9.17, 15) is 13.2 Å². The lowest BCUT2D eigenvalue weighted by molar-refractivity contribution is -0.216. The number of carbonyl (C=O) groups excluding carboxylic acids is 1. The van der Waals surface area contributed by atoms with Gasteiger partial charge in [-0.1, -0.05) is 6.42 Å². The van der Waals surface area contributed by atoms with E-state index < -0.39 is 22.4 Å². The fourth-order valence-corrected chi connectivity index (χ4v) is 0.918. The SMILES string of the molecule is NCCCC[C@H](N)C(=O)OOS(=O)(=O)O. The Morgan fingerprint density at radius 1 is 1.40 bits per heavy atom. The number of hydrogen-bond donors (Lipinski definition) is 3. The summed E-state index contributed by atoms with van der Waals surface area (Å²) in [6, 6.07) is -1.00. The lowest BCUT2D eigenvalue weighted by Crippen LogP contribution is -2.32. The Bertz CT molecular complexity index is 290. The second kappa shape index (κ2) is 6.69. The zero-order valence-electron chi connectivity index (χ0n) is 7.96. The lowest BCUT2D eigenvalue weighted by atomic mass is 10.1. The van der Waals surface area contributed by atoms with Gasteiger partial charge in [-0.15, -0.1) is 0 Å². The Labute approximate surface area is 87.4 Å². The zero-order valence-corrected chi connectivity index (χ0v) is 8.77. The summed E-state index contributed by atoms with van der Waals surface area (Å²) in [5.74, 6) is -1.07. The normalized spacial score (nSPS) is 13.5. The maximum Gasteiger partial charge on any atom is 0.432 e. The summed E-state index contributed by atoms with van der Waals surface area (Å²) in [4.78, 5) is 14.7. The van der Waals surface area contributed by atoms with Gasteiger partial charge in [0.15, 0.2) is 0 Å². The van der Waals surface area contributed by atoms with Crippen molar-refractivity contribution in [2.45, 2.75) is 25.3 Å². The van der Waals surface area contributed by atoms with Gasteiger partial charge in [0, 0.05) is 0 Å². The van der Waals surface area contributed by atoms with Gasteiger partial charge < -0.3 is 11.5 Å². The molecule has 0 fully saturated rings. The molecule has 0 spiro atoms. The molecule has 8 nitrogen and oxygen atoms in total. The van der Waals surface area contributed by atoms with Crippen LogP contribution in [-0.2, 0) is 24.4 Å². The van der Waals surface area contributed by atoms with Crippen molar-refractivity contribution in [3.63, 3.8) is 0 Å². The Hall–Kier alpha value is -0.740. The highest BCUT2D eigenvalue weighted by Gasteiger charge is 2.18. The van der Waals surface area contributed by atoms with Gasteiger partial charge in [0.1, 0.15) is 6.04 Å². The number of nitrogens with two attached hydrogens (primary N) is 2. The van der Waals surface area contributed by atoms with Crippen molar-refractivity contribution in [3.8, 4) is 0 Å². The monoisotopic (exact) mass is 242 g/mol. The molecule has 0 aliphatic carbocycles. The Balaban J connectivity index is 3.79. The molecule has 1 atom stereocenters. The third-order valence-corrected chi connectivity index (χ3v) is 1.71. The van der Waals surface area contributed by atoms with Crippen LogP contribution in [0.4, 0.5) is 0 Å². The van der Waals surface area contributed by atoms with Gasteiger partial charge in [-0.3, -0.25) is 9.44 Å². The van der Waals surface area contributed by atoms with Crippen LogP contribution < -0.4 is 11.5 Å². The minimum Gasteiger partial charge on any atom is -0.330 e. The summed E-state index contributed by atoms with van der Waals surface area (Å²) in [6.07, 6.45) is 1.60. The van der Waals surface area contributed by atoms with Gasteiger partial charge in [0.2, 0.25) is 0 Å².